The van der Waals surface area contributed by atoms with Crippen molar-refractivity contribution in [3.05, 3.63) is 91.9 Å². The molecule has 1 aliphatic rings. The number of halogens is 2. The van der Waals surface area contributed by atoms with Gasteiger partial charge in [-0.15, -0.1) is 0 Å². The van der Waals surface area contributed by atoms with E-state index >= 15 is 0 Å². The number of nitrogens with one attached hydrogen (secondary N) is 1. The van der Waals surface area contributed by atoms with Gasteiger partial charge in [-0.25, -0.2) is 0 Å². The number of allylic oxidation sites excluding steroid dienone is 2. The number of fused-ring (bicyclic) bond motifs is 1. The standard InChI is InChI=1S/C20H11Cl2NO2S2/c21-11-3-1-5-13(9-11)26-19-17(24)15-7-8-23-16(15)18(25)20(19)27-14-6-2-4-12(22)10-14/h1-10,23H. The summed E-state index contributed by atoms with van der Waals surface area (Å²) in [4.78, 5) is 31.3. The fourth-order valence-corrected chi connectivity index (χ4v) is 5.34. The summed E-state index contributed by atoms with van der Waals surface area (Å²) in [5.41, 5.74) is 0.708. The van der Waals surface area contributed by atoms with Crippen molar-refractivity contribution in [3.63, 3.8) is 0 Å². The van der Waals surface area contributed by atoms with E-state index in [2.05, 4.69) is 4.98 Å². The topological polar surface area (TPSA) is 49.9 Å². The van der Waals surface area contributed by atoms with Gasteiger partial charge >= 0.3 is 0 Å². The van der Waals surface area contributed by atoms with Crippen LogP contribution in [0.25, 0.3) is 0 Å². The fourth-order valence-electron chi connectivity index (χ4n) is 2.67. The van der Waals surface area contributed by atoms with Crippen LogP contribution in [0.1, 0.15) is 20.8 Å². The van der Waals surface area contributed by atoms with Gasteiger partial charge in [0.15, 0.2) is 0 Å². The van der Waals surface area contributed by atoms with Crippen molar-refractivity contribution < 1.29 is 9.59 Å². The Morgan fingerprint density at radius 1 is 0.741 bits per heavy atom. The van der Waals surface area contributed by atoms with Crippen LogP contribution >= 0.6 is 46.7 Å². The van der Waals surface area contributed by atoms with E-state index in [0.29, 0.717) is 31.1 Å². The molecule has 1 aliphatic carbocycles. The van der Waals surface area contributed by atoms with Crippen LogP contribution in [0.3, 0.4) is 0 Å². The molecule has 0 saturated carbocycles. The van der Waals surface area contributed by atoms with E-state index in [1.54, 1.807) is 36.5 Å². The van der Waals surface area contributed by atoms with Crippen LogP contribution in [0, 0.1) is 0 Å². The number of ketones is 2. The van der Waals surface area contributed by atoms with E-state index in [-0.39, 0.29) is 11.6 Å². The second kappa shape index (κ2) is 7.60. The van der Waals surface area contributed by atoms with Crippen molar-refractivity contribution in [1.29, 1.82) is 0 Å². The fraction of sp³-hybridized carbons (Fsp3) is 0. The third-order valence-electron chi connectivity index (χ3n) is 3.87. The number of aromatic amines is 1. The molecule has 3 nitrogen and oxygen atoms in total. The van der Waals surface area contributed by atoms with Gasteiger partial charge in [0.2, 0.25) is 11.6 Å². The van der Waals surface area contributed by atoms with Crippen molar-refractivity contribution >= 4 is 58.3 Å². The molecule has 0 amide bonds. The lowest BCUT2D eigenvalue weighted by molar-refractivity contribution is 0.0986. The van der Waals surface area contributed by atoms with Gasteiger partial charge in [0, 0.05) is 26.0 Å². The van der Waals surface area contributed by atoms with Crippen LogP contribution in [-0.2, 0) is 0 Å². The maximum absolute atomic E-state index is 13.1. The predicted octanol–water partition coefficient (Wildman–Crippen LogP) is 6.50. The van der Waals surface area contributed by atoms with E-state index in [1.165, 1.54) is 23.5 Å². The number of hydrogen-bond acceptors (Lipinski definition) is 4. The van der Waals surface area contributed by atoms with Crippen molar-refractivity contribution in [3.8, 4) is 0 Å². The van der Waals surface area contributed by atoms with Crippen LogP contribution < -0.4 is 0 Å². The normalized spacial score (nSPS) is 13.9. The Morgan fingerprint density at radius 2 is 1.30 bits per heavy atom. The minimum Gasteiger partial charge on any atom is -0.358 e. The van der Waals surface area contributed by atoms with E-state index < -0.39 is 0 Å². The maximum atomic E-state index is 13.1. The minimum atomic E-state index is -0.205. The Morgan fingerprint density at radius 3 is 1.85 bits per heavy atom. The van der Waals surface area contributed by atoms with Gasteiger partial charge in [0.1, 0.15) is 0 Å². The van der Waals surface area contributed by atoms with E-state index in [1.807, 2.05) is 24.3 Å². The van der Waals surface area contributed by atoms with Crippen LogP contribution in [0.2, 0.25) is 10.0 Å². The first kappa shape index (κ1) is 18.4. The van der Waals surface area contributed by atoms with Crippen LogP contribution in [0.15, 0.2) is 80.4 Å². The van der Waals surface area contributed by atoms with E-state index in [4.69, 9.17) is 23.2 Å². The van der Waals surface area contributed by atoms with Crippen molar-refractivity contribution in [2.75, 3.05) is 0 Å². The number of H-pyrrole nitrogens is 1. The highest BCUT2D eigenvalue weighted by Gasteiger charge is 2.34. The molecular formula is C20H11Cl2NO2S2. The minimum absolute atomic E-state index is 0.180. The zero-order chi connectivity index (χ0) is 19.0. The van der Waals surface area contributed by atoms with Crippen molar-refractivity contribution in [1.82, 2.24) is 4.98 Å². The van der Waals surface area contributed by atoms with Crippen molar-refractivity contribution in [2.45, 2.75) is 9.79 Å². The molecule has 0 atom stereocenters. The third kappa shape index (κ3) is 3.73. The summed E-state index contributed by atoms with van der Waals surface area (Å²) in [6, 6.07) is 16.0. The molecule has 134 valence electrons. The summed E-state index contributed by atoms with van der Waals surface area (Å²) >= 11 is 14.6. The van der Waals surface area contributed by atoms with Gasteiger partial charge in [-0.2, -0.15) is 0 Å². The predicted molar refractivity (Wildman–Crippen MR) is 111 cm³/mol. The summed E-state index contributed by atoms with van der Waals surface area (Å²) in [6.07, 6.45) is 1.61. The summed E-state index contributed by atoms with van der Waals surface area (Å²) in [6.45, 7) is 0. The number of aromatic nitrogens is 1. The molecule has 3 aromatic rings. The SMILES string of the molecule is O=C1C(Sc2cccc(Cl)c2)=C(Sc2cccc(Cl)c2)C(=O)c2[nH]ccc21. The van der Waals surface area contributed by atoms with Gasteiger partial charge in [-0.05, 0) is 42.5 Å². The van der Waals surface area contributed by atoms with Gasteiger partial charge in [0.05, 0.1) is 21.1 Å². The Labute approximate surface area is 174 Å². The molecule has 27 heavy (non-hydrogen) atoms. The Kier molecular flexibility index (Phi) is 5.19. The van der Waals surface area contributed by atoms with Gasteiger partial charge < -0.3 is 4.98 Å². The van der Waals surface area contributed by atoms with E-state index in [0.717, 1.165) is 9.79 Å². The monoisotopic (exact) mass is 431 g/mol. The molecule has 0 spiro atoms. The highest BCUT2D eigenvalue weighted by Crippen LogP contribution is 2.43. The Bertz CT molecular complexity index is 1020. The zero-order valence-corrected chi connectivity index (χ0v) is 16.8. The molecule has 0 aliphatic heterocycles. The zero-order valence-electron chi connectivity index (χ0n) is 13.7. The number of carbonyl (C=O) groups excluding carboxylic acids is 2. The first-order valence-electron chi connectivity index (χ1n) is 7.91. The molecule has 0 radical (unpaired) electrons. The average molecular weight is 432 g/mol. The van der Waals surface area contributed by atoms with Crippen LogP contribution in [-0.4, -0.2) is 16.6 Å². The first-order chi connectivity index (χ1) is 13.0. The molecule has 0 saturated heterocycles. The molecular weight excluding hydrogens is 421 g/mol. The third-order valence-corrected chi connectivity index (χ3v) is 6.64. The number of Topliss-reactive ketones (excluding diaryl/α,β-unsaturated/α-hetero) is 2. The Balaban J connectivity index is 1.81. The molecule has 0 fully saturated rings. The van der Waals surface area contributed by atoms with Crippen LogP contribution in [0.5, 0.6) is 0 Å². The number of rotatable bonds is 4. The van der Waals surface area contributed by atoms with Gasteiger partial charge in [-0.1, -0.05) is 58.9 Å². The van der Waals surface area contributed by atoms with Gasteiger partial charge in [-0.3, -0.25) is 9.59 Å². The smallest absolute Gasteiger partial charge is 0.217 e. The second-order valence-corrected chi connectivity index (χ2v) is 8.74. The molecule has 0 unspecified atom stereocenters. The second-order valence-electron chi connectivity index (χ2n) is 5.70. The summed E-state index contributed by atoms with van der Waals surface area (Å²) in [5, 5.41) is 1.14. The highest BCUT2D eigenvalue weighted by atomic mass is 35.5. The molecule has 1 heterocycles. The van der Waals surface area contributed by atoms with Gasteiger partial charge in [0.25, 0.3) is 0 Å². The summed E-state index contributed by atoms with van der Waals surface area (Å²) < 4.78 is 0. The quantitative estimate of drug-likeness (QED) is 0.512. The van der Waals surface area contributed by atoms with Crippen molar-refractivity contribution in [2.24, 2.45) is 0 Å². The maximum Gasteiger partial charge on any atom is 0.217 e. The highest BCUT2D eigenvalue weighted by molar-refractivity contribution is 8.08. The van der Waals surface area contributed by atoms with Crippen LogP contribution in [0.4, 0.5) is 0 Å². The summed E-state index contributed by atoms with van der Waals surface area (Å²) in [7, 11) is 0. The molecule has 7 heteroatoms. The lowest BCUT2D eigenvalue weighted by Crippen LogP contribution is -2.18. The summed E-state index contributed by atoms with van der Waals surface area (Å²) in [5.74, 6) is -0.385. The molecule has 2 aromatic carbocycles. The molecule has 1 N–H and O–H groups in total. The average Bonchev–Trinajstić information content (AvgIpc) is 3.13. The lowest BCUT2D eigenvalue weighted by Gasteiger charge is -2.18. The van der Waals surface area contributed by atoms with E-state index in [9.17, 15) is 9.59 Å². The number of hydrogen-bond donors (Lipinski definition) is 1. The molecule has 4 rings (SSSR count). The molecule has 1 aromatic heterocycles. The number of thioether (sulfide) groups is 2. The largest absolute Gasteiger partial charge is 0.358 e. The number of benzene rings is 2. The lowest BCUT2D eigenvalue weighted by atomic mass is 10.0. The number of carbonyl (C=O) groups is 2. The first-order valence-corrected chi connectivity index (χ1v) is 10.3. The Hall–Kier alpha value is -1.92. The molecule has 0 bridgehead atoms.